The van der Waals surface area contributed by atoms with Crippen LogP contribution in [0.4, 0.5) is 10.2 Å². The molecule has 0 spiro atoms. The summed E-state index contributed by atoms with van der Waals surface area (Å²) in [5, 5.41) is 5.03. The molecule has 0 bridgehead atoms. The summed E-state index contributed by atoms with van der Waals surface area (Å²) in [6.07, 6.45) is 1.39. The van der Waals surface area contributed by atoms with Gasteiger partial charge in [-0.15, -0.1) is 0 Å². The van der Waals surface area contributed by atoms with Gasteiger partial charge in [0, 0.05) is 68.8 Å². The molecule has 0 unspecified atom stereocenters. The Hall–Kier alpha value is -3.92. The summed E-state index contributed by atoms with van der Waals surface area (Å²) in [6, 6.07) is 15.3. The molecule has 234 valence electrons. The van der Waals surface area contributed by atoms with Gasteiger partial charge in [-0.05, 0) is 48.2 Å². The van der Waals surface area contributed by atoms with Crippen molar-refractivity contribution >= 4 is 29.2 Å². The third-order valence-corrected chi connectivity index (χ3v) is 9.00. The zero-order valence-electron chi connectivity index (χ0n) is 25.6. The topological polar surface area (TPSA) is 88.0 Å². The minimum absolute atomic E-state index is 0.0326. The van der Waals surface area contributed by atoms with E-state index in [1.54, 1.807) is 25.2 Å². The molecule has 11 heteroatoms. The van der Waals surface area contributed by atoms with Crippen molar-refractivity contribution in [1.29, 1.82) is 0 Å². The van der Waals surface area contributed by atoms with Crippen LogP contribution in [0.25, 0.3) is 0 Å². The average molecular weight is 624 g/mol. The number of benzene rings is 2. The monoisotopic (exact) mass is 623 g/mol. The summed E-state index contributed by atoms with van der Waals surface area (Å²) in [5.74, 6) is -0.746. The first-order chi connectivity index (χ1) is 21.1. The molecule has 0 radical (unpaired) electrons. The lowest BCUT2D eigenvalue weighted by molar-refractivity contribution is -0.142. The molecule has 2 aromatic carbocycles. The molecule has 0 aliphatic carbocycles. The summed E-state index contributed by atoms with van der Waals surface area (Å²) in [5.41, 5.74) is 1.22. The summed E-state index contributed by atoms with van der Waals surface area (Å²) in [6.45, 7) is 5.73. The zero-order valence-corrected chi connectivity index (χ0v) is 26.3. The number of methoxy groups -OCH3 is 1. The second kappa shape index (κ2) is 13.4. The van der Waals surface area contributed by atoms with Crippen LogP contribution in [0.15, 0.2) is 59.4 Å². The number of carbonyl (C=O) groups is 2. The molecule has 3 aromatic rings. The van der Waals surface area contributed by atoms with Gasteiger partial charge in [-0.2, -0.15) is 5.10 Å². The van der Waals surface area contributed by atoms with E-state index in [9.17, 15) is 14.4 Å². The third kappa shape index (κ3) is 6.60. The molecule has 44 heavy (non-hydrogen) atoms. The smallest absolute Gasteiger partial charge is 0.266 e. The highest BCUT2D eigenvalue weighted by Gasteiger charge is 2.43. The third-order valence-electron chi connectivity index (χ3n) is 8.75. The van der Waals surface area contributed by atoms with E-state index in [4.69, 9.17) is 16.3 Å². The Bertz CT molecular complexity index is 1560. The van der Waals surface area contributed by atoms with Crippen LogP contribution >= 0.6 is 11.6 Å². The highest BCUT2D eigenvalue weighted by molar-refractivity contribution is 6.30. The van der Waals surface area contributed by atoms with Crippen molar-refractivity contribution in [3.63, 3.8) is 0 Å². The Kier molecular flexibility index (Phi) is 9.58. The predicted molar refractivity (Wildman–Crippen MR) is 167 cm³/mol. The molecule has 2 aliphatic rings. The standard InChI is InChI=1S/C33H39ClFN5O4/c1-21(2)32(42)40-17-16-38(15-5-6-29(40)22-7-9-23(34)10-8-22)33(43)27-20-39(30-13-14-31(41)37(3)36-30)19-26(27)25-12-11-24(44-4)18-28(25)35/h7-14,18,21,26-27,29H,5-6,15-17,19-20H2,1-4H3/t26-,27+,29-/m0/s1. The first-order valence-electron chi connectivity index (χ1n) is 15.0. The molecule has 2 aliphatic heterocycles. The van der Waals surface area contributed by atoms with E-state index in [-0.39, 0.29) is 29.3 Å². The Morgan fingerprint density at radius 1 is 1.02 bits per heavy atom. The minimum atomic E-state index is -0.558. The summed E-state index contributed by atoms with van der Waals surface area (Å²) >= 11 is 6.14. The molecular weight excluding hydrogens is 585 g/mol. The van der Waals surface area contributed by atoms with E-state index in [0.717, 1.165) is 5.56 Å². The lowest BCUT2D eigenvalue weighted by Gasteiger charge is -2.39. The highest BCUT2D eigenvalue weighted by atomic mass is 35.5. The molecule has 9 nitrogen and oxygen atoms in total. The molecule has 2 saturated heterocycles. The molecule has 1 aromatic heterocycles. The molecule has 5 rings (SSSR count). The molecule has 0 saturated carbocycles. The molecule has 3 heterocycles. The van der Waals surface area contributed by atoms with Crippen LogP contribution in [0, 0.1) is 17.7 Å². The number of nitrogens with zero attached hydrogens (tertiary/aromatic N) is 5. The first kappa shape index (κ1) is 31.5. The van der Waals surface area contributed by atoms with Gasteiger partial charge in [0.05, 0.1) is 19.1 Å². The fraction of sp³-hybridized carbons (Fsp3) is 0.455. The van der Waals surface area contributed by atoms with Gasteiger partial charge < -0.3 is 19.4 Å². The van der Waals surface area contributed by atoms with Crippen LogP contribution in [0.3, 0.4) is 0 Å². The molecule has 3 atom stereocenters. The van der Waals surface area contributed by atoms with Crippen LogP contribution in [-0.4, -0.2) is 71.2 Å². The number of hydrogen-bond acceptors (Lipinski definition) is 6. The summed E-state index contributed by atoms with van der Waals surface area (Å²) < 4.78 is 21.9. The predicted octanol–water partition coefficient (Wildman–Crippen LogP) is 4.65. The molecular formula is C33H39ClFN5O4. The summed E-state index contributed by atoms with van der Waals surface area (Å²) in [7, 11) is 3.06. The lowest BCUT2D eigenvalue weighted by Crippen LogP contribution is -2.48. The second-order valence-corrected chi connectivity index (χ2v) is 12.3. The summed E-state index contributed by atoms with van der Waals surface area (Å²) in [4.78, 5) is 45.4. The van der Waals surface area contributed by atoms with Crippen molar-refractivity contribution in [2.45, 2.75) is 38.6 Å². The molecule has 0 N–H and O–H groups in total. The van der Waals surface area contributed by atoms with E-state index in [2.05, 4.69) is 5.10 Å². The van der Waals surface area contributed by atoms with Gasteiger partial charge >= 0.3 is 0 Å². The highest BCUT2D eigenvalue weighted by Crippen LogP contribution is 2.38. The van der Waals surface area contributed by atoms with E-state index in [1.165, 1.54) is 23.9 Å². The van der Waals surface area contributed by atoms with Crippen LogP contribution < -0.4 is 15.2 Å². The van der Waals surface area contributed by atoms with Crippen molar-refractivity contribution in [2.24, 2.45) is 18.9 Å². The minimum Gasteiger partial charge on any atom is -0.497 e. The number of aromatic nitrogens is 2. The Labute approximate surface area is 262 Å². The maximum absolute atomic E-state index is 15.4. The fourth-order valence-corrected chi connectivity index (χ4v) is 6.49. The van der Waals surface area contributed by atoms with E-state index < -0.39 is 17.7 Å². The average Bonchev–Trinajstić information content (AvgIpc) is 3.43. The van der Waals surface area contributed by atoms with Crippen molar-refractivity contribution in [3.8, 4) is 5.75 Å². The quantitative estimate of drug-likeness (QED) is 0.397. The lowest BCUT2D eigenvalue weighted by atomic mass is 9.87. The van der Waals surface area contributed by atoms with Crippen LogP contribution in [0.5, 0.6) is 5.75 Å². The van der Waals surface area contributed by atoms with Gasteiger partial charge in [0.1, 0.15) is 17.4 Å². The number of aryl methyl sites for hydroxylation is 1. The number of ether oxygens (including phenoxy) is 1. The van der Waals surface area contributed by atoms with Gasteiger partial charge in [-0.25, -0.2) is 9.07 Å². The number of rotatable bonds is 6. The number of hydrogen-bond donors (Lipinski definition) is 0. The number of carbonyl (C=O) groups excluding carboxylic acids is 2. The van der Waals surface area contributed by atoms with Crippen molar-refractivity contribution in [2.75, 3.05) is 44.7 Å². The van der Waals surface area contributed by atoms with Gasteiger partial charge in [0.15, 0.2) is 0 Å². The van der Waals surface area contributed by atoms with Crippen LogP contribution in [-0.2, 0) is 16.6 Å². The van der Waals surface area contributed by atoms with Crippen molar-refractivity contribution in [3.05, 3.63) is 86.9 Å². The Morgan fingerprint density at radius 3 is 2.43 bits per heavy atom. The van der Waals surface area contributed by atoms with Crippen LogP contribution in [0.1, 0.15) is 49.8 Å². The normalized spacial score (nSPS) is 20.9. The maximum atomic E-state index is 15.4. The fourth-order valence-electron chi connectivity index (χ4n) is 6.36. The molecule has 2 amide bonds. The van der Waals surface area contributed by atoms with E-state index in [1.807, 2.05) is 52.8 Å². The van der Waals surface area contributed by atoms with Crippen LogP contribution in [0.2, 0.25) is 5.02 Å². The van der Waals surface area contributed by atoms with Gasteiger partial charge in [-0.3, -0.25) is 14.4 Å². The van der Waals surface area contributed by atoms with Crippen molar-refractivity contribution < 1.29 is 18.7 Å². The molecule has 2 fully saturated rings. The van der Waals surface area contributed by atoms with E-state index in [0.29, 0.717) is 67.7 Å². The Morgan fingerprint density at radius 2 is 1.77 bits per heavy atom. The first-order valence-corrected chi connectivity index (χ1v) is 15.4. The zero-order chi connectivity index (χ0) is 31.5. The second-order valence-electron chi connectivity index (χ2n) is 11.9. The SMILES string of the molecule is COc1ccc([C@@H]2CN(c3ccc(=O)n(C)n3)C[C@H]2C(=O)N2CCC[C@@H](c3ccc(Cl)cc3)N(C(=O)C(C)C)CC2)c(F)c1. The largest absolute Gasteiger partial charge is 0.497 e. The van der Waals surface area contributed by atoms with Gasteiger partial charge in [-0.1, -0.05) is 43.6 Å². The van der Waals surface area contributed by atoms with Gasteiger partial charge in [0.2, 0.25) is 11.8 Å². The Balaban J connectivity index is 1.43. The number of anilines is 1. The van der Waals surface area contributed by atoms with Crippen molar-refractivity contribution in [1.82, 2.24) is 19.6 Å². The van der Waals surface area contributed by atoms with Gasteiger partial charge in [0.25, 0.3) is 5.56 Å². The maximum Gasteiger partial charge on any atom is 0.266 e. The number of amides is 2. The van der Waals surface area contributed by atoms with E-state index >= 15 is 4.39 Å². The number of halogens is 2.